The summed E-state index contributed by atoms with van der Waals surface area (Å²) >= 11 is 6.04. The van der Waals surface area contributed by atoms with Crippen LogP contribution in [0, 0.1) is 0 Å². The van der Waals surface area contributed by atoms with Crippen molar-refractivity contribution in [3.05, 3.63) is 80.0 Å². The number of fused-ring (bicyclic) bond motifs is 1. The summed E-state index contributed by atoms with van der Waals surface area (Å²) in [6.07, 6.45) is 0.281. The topological polar surface area (TPSA) is 101 Å². The third-order valence-electron chi connectivity index (χ3n) is 5.44. The number of imidazole rings is 1. The fourth-order valence-electron chi connectivity index (χ4n) is 3.75. The summed E-state index contributed by atoms with van der Waals surface area (Å²) in [4.78, 5) is 31.1. The SMILES string of the molecule is CCn1c(=O)n(CCCO)c(=O)c2c1nc(Oc1cccc(OC)c1)n2Cc1ccc(Cl)cc1. The molecule has 0 spiro atoms. The molecule has 0 amide bonds. The first-order chi connectivity index (χ1) is 16.5. The van der Waals surface area contributed by atoms with Crippen LogP contribution in [0.2, 0.25) is 5.02 Å². The van der Waals surface area contributed by atoms with Gasteiger partial charge in [-0.2, -0.15) is 4.98 Å². The Balaban J connectivity index is 1.95. The van der Waals surface area contributed by atoms with Gasteiger partial charge in [-0.1, -0.05) is 29.8 Å². The third kappa shape index (κ3) is 4.57. The first-order valence-corrected chi connectivity index (χ1v) is 11.3. The van der Waals surface area contributed by atoms with Gasteiger partial charge in [0.05, 0.1) is 13.7 Å². The number of ether oxygens (including phenoxy) is 2. The Morgan fingerprint density at radius 3 is 2.44 bits per heavy atom. The first kappa shape index (κ1) is 23.6. The minimum atomic E-state index is -0.486. The summed E-state index contributed by atoms with van der Waals surface area (Å²) in [6.45, 7) is 2.35. The average molecular weight is 485 g/mol. The van der Waals surface area contributed by atoms with Crippen molar-refractivity contribution in [3.8, 4) is 17.5 Å². The lowest BCUT2D eigenvalue weighted by Gasteiger charge is -2.12. The Hall–Kier alpha value is -3.56. The van der Waals surface area contributed by atoms with Crippen LogP contribution in [0.3, 0.4) is 0 Å². The maximum absolute atomic E-state index is 13.5. The highest BCUT2D eigenvalue weighted by Crippen LogP contribution is 2.28. The summed E-state index contributed by atoms with van der Waals surface area (Å²) in [5.41, 5.74) is 0.393. The third-order valence-corrected chi connectivity index (χ3v) is 5.69. The molecule has 1 N–H and O–H groups in total. The fraction of sp³-hybridized carbons (Fsp3) is 0.292. The van der Waals surface area contributed by atoms with Crippen molar-refractivity contribution in [1.29, 1.82) is 0 Å². The van der Waals surface area contributed by atoms with Gasteiger partial charge in [-0.15, -0.1) is 0 Å². The van der Waals surface area contributed by atoms with E-state index in [1.807, 2.05) is 19.1 Å². The molecule has 2 heterocycles. The number of rotatable bonds is 9. The second-order valence-electron chi connectivity index (χ2n) is 7.62. The molecule has 4 aromatic rings. The second kappa shape index (κ2) is 10.1. The van der Waals surface area contributed by atoms with E-state index in [1.54, 1.807) is 48.1 Å². The van der Waals surface area contributed by atoms with Crippen molar-refractivity contribution in [2.45, 2.75) is 33.0 Å². The molecule has 0 radical (unpaired) electrons. The Morgan fingerprint density at radius 2 is 1.76 bits per heavy atom. The molecular weight excluding hydrogens is 460 g/mol. The largest absolute Gasteiger partial charge is 0.497 e. The standard InChI is InChI=1S/C24H25ClN4O5/c1-3-27-21-20(22(31)28(24(27)32)12-5-13-30)29(15-16-8-10-17(25)11-9-16)23(26-21)34-19-7-4-6-18(14-19)33-2/h4,6-11,14,30H,3,5,12-13,15H2,1-2H3. The highest BCUT2D eigenvalue weighted by atomic mass is 35.5. The molecule has 0 aliphatic rings. The number of nitrogens with zero attached hydrogens (tertiary/aromatic N) is 4. The molecular formula is C24H25ClN4O5. The first-order valence-electron chi connectivity index (χ1n) is 10.9. The van der Waals surface area contributed by atoms with Crippen LogP contribution < -0.4 is 20.7 Å². The van der Waals surface area contributed by atoms with Gasteiger partial charge >= 0.3 is 11.7 Å². The number of methoxy groups -OCH3 is 1. The van der Waals surface area contributed by atoms with Gasteiger partial charge in [-0.05, 0) is 43.2 Å². The van der Waals surface area contributed by atoms with Crippen molar-refractivity contribution in [1.82, 2.24) is 18.7 Å². The van der Waals surface area contributed by atoms with Crippen molar-refractivity contribution in [2.75, 3.05) is 13.7 Å². The lowest BCUT2D eigenvalue weighted by atomic mass is 10.2. The van der Waals surface area contributed by atoms with E-state index in [0.29, 0.717) is 23.1 Å². The maximum atomic E-state index is 13.5. The molecule has 2 aromatic carbocycles. The van der Waals surface area contributed by atoms with Gasteiger partial charge < -0.3 is 14.6 Å². The molecule has 0 unspecified atom stereocenters. The van der Waals surface area contributed by atoms with E-state index in [-0.39, 0.29) is 43.3 Å². The van der Waals surface area contributed by atoms with Crippen molar-refractivity contribution >= 4 is 22.8 Å². The van der Waals surface area contributed by atoms with E-state index in [9.17, 15) is 14.7 Å². The molecule has 0 aliphatic heterocycles. The van der Waals surface area contributed by atoms with E-state index in [4.69, 9.17) is 21.1 Å². The Labute approximate surface area is 200 Å². The molecule has 0 aliphatic carbocycles. The van der Waals surface area contributed by atoms with Gasteiger partial charge in [0, 0.05) is 30.8 Å². The number of benzene rings is 2. The molecule has 10 heteroatoms. The highest BCUT2D eigenvalue weighted by molar-refractivity contribution is 6.30. The smallest absolute Gasteiger partial charge is 0.332 e. The summed E-state index contributed by atoms with van der Waals surface area (Å²) in [5, 5.41) is 9.84. The van der Waals surface area contributed by atoms with Crippen LogP contribution in [0.15, 0.2) is 58.1 Å². The summed E-state index contributed by atoms with van der Waals surface area (Å²) in [6, 6.07) is 14.4. The van der Waals surface area contributed by atoms with Gasteiger partial charge in [-0.25, -0.2) is 4.79 Å². The quantitative estimate of drug-likeness (QED) is 0.391. The fourth-order valence-corrected chi connectivity index (χ4v) is 3.87. The van der Waals surface area contributed by atoms with Gasteiger partial charge in [0.15, 0.2) is 11.2 Å². The lowest BCUT2D eigenvalue weighted by molar-refractivity contribution is 0.277. The van der Waals surface area contributed by atoms with E-state index >= 15 is 0 Å². The van der Waals surface area contributed by atoms with E-state index in [1.165, 1.54) is 4.57 Å². The molecule has 34 heavy (non-hydrogen) atoms. The molecule has 0 fully saturated rings. The predicted octanol–water partition coefficient (Wildman–Crippen LogP) is 3.26. The van der Waals surface area contributed by atoms with E-state index in [0.717, 1.165) is 10.1 Å². The van der Waals surface area contributed by atoms with Crippen LogP contribution in [-0.2, 0) is 19.6 Å². The van der Waals surface area contributed by atoms with Gasteiger partial charge in [-0.3, -0.25) is 18.5 Å². The van der Waals surface area contributed by atoms with Crippen LogP contribution in [0.5, 0.6) is 17.5 Å². The van der Waals surface area contributed by atoms with Crippen molar-refractivity contribution < 1.29 is 14.6 Å². The van der Waals surface area contributed by atoms with E-state index in [2.05, 4.69) is 4.98 Å². The molecule has 0 bridgehead atoms. The average Bonchev–Trinajstić information content (AvgIpc) is 3.18. The zero-order valence-electron chi connectivity index (χ0n) is 18.9. The molecule has 178 valence electrons. The number of halogens is 1. The predicted molar refractivity (Wildman–Crippen MR) is 129 cm³/mol. The lowest BCUT2D eigenvalue weighted by Crippen LogP contribution is -2.40. The van der Waals surface area contributed by atoms with Gasteiger partial charge in [0.25, 0.3) is 5.56 Å². The second-order valence-corrected chi connectivity index (χ2v) is 8.06. The van der Waals surface area contributed by atoms with Crippen LogP contribution >= 0.6 is 11.6 Å². The zero-order chi connectivity index (χ0) is 24.2. The van der Waals surface area contributed by atoms with Gasteiger partial charge in [0.2, 0.25) is 0 Å². The zero-order valence-corrected chi connectivity index (χ0v) is 19.7. The van der Waals surface area contributed by atoms with Crippen LogP contribution in [0.1, 0.15) is 18.9 Å². The van der Waals surface area contributed by atoms with Gasteiger partial charge in [0.1, 0.15) is 11.5 Å². The number of hydrogen-bond donors (Lipinski definition) is 1. The number of aliphatic hydroxyl groups is 1. The summed E-state index contributed by atoms with van der Waals surface area (Å²) in [5.74, 6) is 1.08. The molecule has 0 saturated heterocycles. The maximum Gasteiger partial charge on any atom is 0.332 e. The minimum Gasteiger partial charge on any atom is -0.497 e. The monoisotopic (exact) mass is 484 g/mol. The molecule has 0 atom stereocenters. The van der Waals surface area contributed by atoms with Crippen LogP contribution in [0.25, 0.3) is 11.2 Å². The summed E-state index contributed by atoms with van der Waals surface area (Å²) < 4.78 is 15.6. The number of hydrogen-bond acceptors (Lipinski definition) is 6. The normalized spacial score (nSPS) is 11.2. The number of aryl methyl sites for hydroxylation is 1. The molecule has 0 saturated carbocycles. The Kier molecular flexibility index (Phi) is 7.04. The van der Waals surface area contributed by atoms with E-state index < -0.39 is 11.2 Å². The number of aromatic nitrogens is 4. The molecule has 9 nitrogen and oxygen atoms in total. The van der Waals surface area contributed by atoms with Crippen molar-refractivity contribution in [3.63, 3.8) is 0 Å². The molecule has 4 rings (SSSR count). The summed E-state index contributed by atoms with van der Waals surface area (Å²) in [7, 11) is 1.56. The highest BCUT2D eigenvalue weighted by Gasteiger charge is 2.22. The van der Waals surface area contributed by atoms with Crippen LogP contribution in [-0.4, -0.2) is 37.5 Å². The molecule has 2 aromatic heterocycles. The van der Waals surface area contributed by atoms with Crippen molar-refractivity contribution in [2.24, 2.45) is 0 Å². The Bertz CT molecular complexity index is 1420. The van der Waals surface area contributed by atoms with Crippen LogP contribution in [0.4, 0.5) is 0 Å². The minimum absolute atomic E-state index is 0.0995. The Morgan fingerprint density at radius 1 is 1.03 bits per heavy atom. The number of aliphatic hydroxyl groups excluding tert-OH is 1.